The van der Waals surface area contributed by atoms with Crippen molar-refractivity contribution in [2.45, 2.75) is 80.1 Å². The molecule has 3 aromatic heterocycles. The Morgan fingerprint density at radius 1 is 0.735 bits per heavy atom. The number of imidazole rings is 1. The molecule has 0 radical (unpaired) electrons. The van der Waals surface area contributed by atoms with Crippen molar-refractivity contribution in [1.29, 1.82) is 0 Å². The van der Waals surface area contributed by atoms with Gasteiger partial charge in [-0.15, -0.1) is 22.7 Å². The Morgan fingerprint density at radius 2 is 1.29 bits per heavy atom. The number of benzene rings is 1. The summed E-state index contributed by atoms with van der Waals surface area (Å²) in [6.07, 6.45) is 0. The standard InChI is InChI=1S/C29H36N2OS2/c1-15-11-20(17(3)33-15)24-25(21-12-16(2)34-18(21)4)31-27(30-24)22-13-19(28(5,6)7)14-23(26(22)32)29(8,9)10/h11-14,32H,1-10H3,(H,30,31). The zero-order valence-electron chi connectivity index (χ0n) is 22.0. The van der Waals surface area contributed by atoms with Crippen molar-refractivity contribution in [3.05, 3.63) is 54.9 Å². The van der Waals surface area contributed by atoms with Crippen LogP contribution in [0.25, 0.3) is 33.9 Å². The summed E-state index contributed by atoms with van der Waals surface area (Å²) >= 11 is 3.60. The summed E-state index contributed by atoms with van der Waals surface area (Å²) in [7, 11) is 0. The van der Waals surface area contributed by atoms with Crippen molar-refractivity contribution < 1.29 is 5.11 Å². The maximum atomic E-state index is 11.5. The molecule has 0 aliphatic rings. The fraction of sp³-hybridized carbons (Fsp3) is 0.414. The van der Waals surface area contributed by atoms with Gasteiger partial charge in [-0.1, -0.05) is 47.6 Å². The number of aromatic amines is 1. The van der Waals surface area contributed by atoms with E-state index in [2.05, 4.69) is 98.5 Å². The predicted molar refractivity (Wildman–Crippen MR) is 149 cm³/mol. The van der Waals surface area contributed by atoms with Gasteiger partial charge < -0.3 is 10.1 Å². The van der Waals surface area contributed by atoms with Crippen LogP contribution in [0.3, 0.4) is 0 Å². The fourth-order valence-corrected chi connectivity index (χ4v) is 6.31. The molecule has 180 valence electrons. The second-order valence-electron chi connectivity index (χ2n) is 11.4. The van der Waals surface area contributed by atoms with Crippen molar-refractivity contribution in [1.82, 2.24) is 9.97 Å². The van der Waals surface area contributed by atoms with Gasteiger partial charge in [0, 0.05) is 36.2 Å². The Bertz CT molecular complexity index is 1310. The molecule has 34 heavy (non-hydrogen) atoms. The van der Waals surface area contributed by atoms with Crippen LogP contribution in [-0.4, -0.2) is 15.1 Å². The van der Waals surface area contributed by atoms with Gasteiger partial charge in [-0.3, -0.25) is 0 Å². The van der Waals surface area contributed by atoms with Gasteiger partial charge in [0.05, 0.1) is 17.0 Å². The van der Waals surface area contributed by atoms with E-state index in [-0.39, 0.29) is 10.8 Å². The van der Waals surface area contributed by atoms with Crippen LogP contribution >= 0.6 is 22.7 Å². The Balaban J connectivity index is 2.04. The van der Waals surface area contributed by atoms with Gasteiger partial charge in [-0.25, -0.2) is 4.98 Å². The molecule has 3 nitrogen and oxygen atoms in total. The van der Waals surface area contributed by atoms with Crippen molar-refractivity contribution in [3.8, 4) is 39.7 Å². The number of H-pyrrole nitrogens is 1. The van der Waals surface area contributed by atoms with Gasteiger partial charge in [-0.05, 0) is 62.3 Å². The molecule has 0 unspecified atom stereocenters. The molecule has 0 aliphatic carbocycles. The van der Waals surface area contributed by atoms with Crippen LogP contribution in [0.15, 0.2) is 24.3 Å². The molecule has 0 bridgehead atoms. The Morgan fingerprint density at radius 3 is 1.76 bits per heavy atom. The second kappa shape index (κ2) is 8.39. The van der Waals surface area contributed by atoms with E-state index >= 15 is 0 Å². The quantitative estimate of drug-likeness (QED) is 0.300. The van der Waals surface area contributed by atoms with Crippen LogP contribution < -0.4 is 0 Å². The van der Waals surface area contributed by atoms with Crippen LogP contribution in [-0.2, 0) is 10.8 Å². The lowest BCUT2D eigenvalue weighted by atomic mass is 9.79. The first kappa shape index (κ1) is 24.7. The SMILES string of the molecule is Cc1cc(-c2nc(-c3cc(C(C)(C)C)cc(C(C)(C)C)c3O)[nH]c2-c2cc(C)sc2C)c(C)s1. The summed E-state index contributed by atoms with van der Waals surface area (Å²) in [5.41, 5.74) is 6.97. The number of aryl methyl sites for hydroxylation is 4. The number of nitrogens with zero attached hydrogens (tertiary/aromatic N) is 1. The van der Waals surface area contributed by atoms with Gasteiger partial charge >= 0.3 is 0 Å². The average molecular weight is 493 g/mol. The molecule has 0 spiro atoms. The molecule has 0 saturated carbocycles. The molecule has 0 amide bonds. The highest BCUT2D eigenvalue weighted by Crippen LogP contribution is 2.45. The van der Waals surface area contributed by atoms with E-state index < -0.39 is 0 Å². The third-order valence-electron chi connectivity index (χ3n) is 6.35. The number of aromatic hydroxyl groups is 1. The third kappa shape index (κ3) is 4.48. The number of rotatable bonds is 3. The Hall–Kier alpha value is -2.37. The van der Waals surface area contributed by atoms with Crippen molar-refractivity contribution in [3.63, 3.8) is 0 Å². The molecular weight excluding hydrogens is 456 g/mol. The zero-order valence-corrected chi connectivity index (χ0v) is 23.7. The van der Waals surface area contributed by atoms with Crippen molar-refractivity contribution in [2.24, 2.45) is 0 Å². The lowest BCUT2D eigenvalue weighted by Gasteiger charge is -2.27. The molecule has 3 heterocycles. The van der Waals surface area contributed by atoms with Crippen LogP contribution in [0.4, 0.5) is 0 Å². The van der Waals surface area contributed by atoms with Crippen LogP contribution in [0.2, 0.25) is 0 Å². The van der Waals surface area contributed by atoms with E-state index in [9.17, 15) is 5.11 Å². The van der Waals surface area contributed by atoms with Crippen LogP contribution in [0, 0.1) is 27.7 Å². The topological polar surface area (TPSA) is 48.9 Å². The predicted octanol–water partition coefficient (Wildman–Crippen LogP) is 9.07. The summed E-state index contributed by atoms with van der Waals surface area (Å²) in [4.78, 5) is 13.9. The molecule has 4 rings (SSSR count). The smallest absolute Gasteiger partial charge is 0.142 e. The van der Waals surface area contributed by atoms with E-state index in [1.54, 1.807) is 22.7 Å². The van der Waals surface area contributed by atoms with Crippen LogP contribution in [0.5, 0.6) is 5.75 Å². The van der Waals surface area contributed by atoms with Gasteiger partial charge in [0.2, 0.25) is 0 Å². The number of hydrogen-bond donors (Lipinski definition) is 2. The van der Waals surface area contributed by atoms with E-state index in [0.717, 1.165) is 28.1 Å². The molecule has 1 aromatic carbocycles. The van der Waals surface area contributed by atoms with Gasteiger partial charge in [0.15, 0.2) is 0 Å². The fourth-order valence-electron chi connectivity index (χ4n) is 4.46. The number of phenolic OH excluding ortho intramolecular Hbond substituents is 1. The van der Waals surface area contributed by atoms with Crippen molar-refractivity contribution in [2.75, 3.05) is 0 Å². The highest BCUT2D eigenvalue weighted by Gasteiger charge is 2.28. The van der Waals surface area contributed by atoms with Gasteiger partial charge in [-0.2, -0.15) is 0 Å². The molecule has 0 atom stereocenters. The van der Waals surface area contributed by atoms with Crippen molar-refractivity contribution >= 4 is 22.7 Å². The zero-order chi connectivity index (χ0) is 25.2. The maximum absolute atomic E-state index is 11.5. The van der Waals surface area contributed by atoms with E-state index in [1.165, 1.54) is 30.6 Å². The number of nitrogens with one attached hydrogen (secondary N) is 1. The summed E-state index contributed by atoms with van der Waals surface area (Å²) in [5.74, 6) is 1.02. The third-order valence-corrected chi connectivity index (χ3v) is 8.28. The Kier molecular flexibility index (Phi) is 6.10. The number of phenols is 1. The number of hydrogen-bond acceptors (Lipinski definition) is 4. The lowest BCUT2D eigenvalue weighted by molar-refractivity contribution is 0.446. The molecular formula is C29H36N2OS2. The molecule has 2 N–H and O–H groups in total. The number of aromatic nitrogens is 2. The molecule has 0 saturated heterocycles. The Labute approximate surface area is 211 Å². The summed E-state index contributed by atoms with van der Waals surface area (Å²) in [5, 5.41) is 11.5. The molecule has 0 fully saturated rings. The average Bonchev–Trinajstić information content (AvgIpc) is 3.36. The first-order valence-electron chi connectivity index (χ1n) is 11.8. The summed E-state index contributed by atoms with van der Waals surface area (Å²) < 4.78 is 0. The summed E-state index contributed by atoms with van der Waals surface area (Å²) in [6, 6.07) is 8.72. The lowest BCUT2D eigenvalue weighted by Crippen LogP contribution is -2.17. The minimum atomic E-state index is -0.194. The highest BCUT2D eigenvalue weighted by molar-refractivity contribution is 7.12. The largest absolute Gasteiger partial charge is 0.507 e. The first-order valence-corrected chi connectivity index (χ1v) is 13.4. The van der Waals surface area contributed by atoms with Gasteiger partial charge in [0.25, 0.3) is 0 Å². The monoisotopic (exact) mass is 492 g/mol. The highest BCUT2D eigenvalue weighted by atomic mass is 32.1. The minimum absolute atomic E-state index is 0.0528. The maximum Gasteiger partial charge on any atom is 0.142 e. The molecule has 0 aliphatic heterocycles. The van der Waals surface area contributed by atoms with Crippen LogP contribution in [0.1, 0.15) is 72.2 Å². The normalized spacial score (nSPS) is 12.5. The first-order chi connectivity index (χ1) is 15.7. The second-order valence-corrected chi connectivity index (χ2v) is 14.3. The molecule has 5 heteroatoms. The van der Waals surface area contributed by atoms with E-state index in [0.29, 0.717) is 11.6 Å². The number of thiophene rings is 2. The summed E-state index contributed by atoms with van der Waals surface area (Å²) in [6.45, 7) is 21.7. The molecule has 4 aromatic rings. The minimum Gasteiger partial charge on any atom is -0.507 e. The van der Waals surface area contributed by atoms with E-state index in [1.807, 2.05) is 0 Å². The van der Waals surface area contributed by atoms with E-state index in [4.69, 9.17) is 4.98 Å². The van der Waals surface area contributed by atoms with Gasteiger partial charge in [0.1, 0.15) is 11.6 Å².